The van der Waals surface area contributed by atoms with Crippen molar-refractivity contribution in [1.29, 1.82) is 0 Å². The lowest BCUT2D eigenvalue weighted by Gasteiger charge is -2.41. The van der Waals surface area contributed by atoms with Crippen molar-refractivity contribution >= 4 is 11.8 Å². The molecule has 2 aromatic heterocycles. The van der Waals surface area contributed by atoms with E-state index in [1.807, 2.05) is 0 Å². The molecule has 182 valence electrons. The number of aryl methyl sites for hydroxylation is 1. The maximum Gasteiger partial charge on any atom is 0.311 e. The van der Waals surface area contributed by atoms with Crippen LogP contribution in [0.4, 0.5) is 4.39 Å². The largest absolute Gasteiger partial charge is 0.501 e. The molecule has 2 aliphatic rings. The maximum absolute atomic E-state index is 13.2. The lowest BCUT2D eigenvalue weighted by Crippen LogP contribution is -2.52. The smallest absolute Gasteiger partial charge is 0.311 e. The van der Waals surface area contributed by atoms with Gasteiger partial charge in [0, 0.05) is 27.1 Å². The van der Waals surface area contributed by atoms with E-state index in [1.54, 1.807) is 14.0 Å². The Morgan fingerprint density at radius 2 is 2.06 bits per heavy atom. The van der Waals surface area contributed by atoms with Crippen LogP contribution in [-0.4, -0.2) is 48.6 Å². The summed E-state index contributed by atoms with van der Waals surface area (Å²) in [5, 5.41) is 20.7. The van der Waals surface area contributed by atoms with E-state index in [9.17, 15) is 23.9 Å². The Bertz CT molecular complexity index is 1380. The second-order valence-electron chi connectivity index (χ2n) is 8.99. The molecule has 3 aromatic rings. The summed E-state index contributed by atoms with van der Waals surface area (Å²) >= 11 is 0. The van der Waals surface area contributed by atoms with E-state index in [2.05, 4.69) is 20.5 Å². The van der Waals surface area contributed by atoms with E-state index < -0.39 is 40.2 Å². The van der Waals surface area contributed by atoms with Crippen molar-refractivity contribution in [3.05, 3.63) is 69.3 Å². The van der Waals surface area contributed by atoms with Crippen LogP contribution in [0.3, 0.4) is 0 Å². The molecule has 5 rings (SSSR count). The molecule has 2 atom stereocenters. The Labute approximate surface area is 198 Å². The normalized spacial score (nSPS) is 20.4. The van der Waals surface area contributed by atoms with Crippen molar-refractivity contribution in [2.75, 3.05) is 7.05 Å². The number of halogens is 1. The summed E-state index contributed by atoms with van der Waals surface area (Å²) in [7, 11) is 1.58. The SMILES string of the molecule is Cc1nnc(C(=O)N(C)C23CCC(Cn4c2nc(C(=O)NCc2ccc(F)cc2)c(O)c4=O)C3)o1. The van der Waals surface area contributed by atoms with Crippen molar-refractivity contribution in [3.8, 4) is 5.75 Å². The Morgan fingerprint density at radius 3 is 2.74 bits per heavy atom. The van der Waals surface area contributed by atoms with Gasteiger partial charge in [0.25, 0.3) is 11.5 Å². The predicted molar refractivity (Wildman–Crippen MR) is 118 cm³/mol. The molecule has 1 fully saturated rings. The fraction of sp³-hybridized carbons (Fsp3) is 0.391. The third kappa shape index (κ3) is 3.74. The number of amides is 2. The molecule has 0 spiro atoms. The van der Waals surface area contributed by atoms with E-state index in [0.717, 1.165) is 6.42 Å². The highest BCUT2D eigenvalue weighted by atomic mass is 19.1. The minimum absolute atomic E-state index is 0.0424. The van der Waals surface area contributed by atoms with Gasteiger partial charge in [0.15, 0.2) is 5.69 Å². The monoisotopic (exact) mass is 482 g/mol. The number of aromatic hydroxyl groups is 1. The number of benzene rings is 1. The molecule has 11 nitrogen and oxygen atoms in total. The Kier molecular flexibility index (Phi) is 5.37. The van der Waals surface area contributed by atoms with Gasteiger partial charge in [-0.05, 0) is 42.9 Å². The molecule has 0 radical (unpaired) electrons. The van der Waals surface area contributed by atoms with Gasteiger partial charge in [0.05, 0.1) is 0 Å². The molecule has 2 bridgehead atoms. The van der Waals surface area contributed by atoms with Gasteiger partial charge >= 0.3 is 11.8 Å². The molecule has 2 amide bonds. The average Bonchev–Trinajstić information content (AvgIpc) is 3.44. The summed E-state index contributed by atoms with van der Waals surface area (Å²) in [6, 6.07) is 5.55. The second kappa shape index (κ2) is 8.29. The zero-order valence-corrected chi connectivity index (χ0v) is 19.1. The molecule has 12 heteroatoms. The molecule has 1 aliphatic heterocycles. The van der Waals surface area contributed by atoms with Gasteiger partial charge in [-0.15, -0.1) is 10.2 Å². The van der Waals surface area contributed by atoms with Crippen LogP contribution in [0, 0.1) is 18.7 Å². The fourth-order valence-corrected chi connectivity index (χ4v) is 5.01. The first-order chi connectivity index (χ1) is 16.7. The minimum Gasteiger partial charge on any atom is -0.501 e. The molecular formula is C23H23FN6O5. The number of hydrogen-bond donors (Lipinski definition) is 2. The van der Waals surface area contributed by atoms with Crippen LogP contribution in [0.5, 0.6) is 5.75 Å². The number of carbonyl (C=O) groups is 2. The molecule has 1 aromatic carbocycles. The number of nitrogens with zero attached hydrogens (tertiary/aromatic N) is 5. The first-order valence-electron chi connectivity index (χ1n) is 11.1. The minimum atomic E-state index is -0.985. The summed E-state index contributed by atoms with van der Waals surface area (Å²) in [6.07, 6.45) is 1.78. The van der Waals surface area contributed by atoms with Crippen molar-refractivity contribution in [1.82, 2.24) is 30.0 Å². The highest BCUT2D eigenvalue weighted by molar-refractivity contribution is 5.94. The Morgan fingerprint density at radius 1 is 1.31 bits per heavy atom. The number of nitrogens with one attached hydrogen (secondary N) is 1. The maximum atomic E-state index is 13.2. The third-order valence-electron chi connectivity index (χ3n) is 6.83. The van der Waals surface area contributed by atoms with E-state index in [-0.39, 0.29) is 30.1 Å². The van der Waals surface area contributed by atoms with Gasteiger partial charge < -0.3 is 19.7 Å². The van der Waals surface area contributed by atoms with Crippen LogP contribution in [0.25, 0.3) is 0 Å². The number of fused-ring (bicyclic) bond motifs is 4. The Hall–Kier alpha value is -4.09. The molecule has 2 unspecified atom stereocenters. The summed E-state index contributed by atoms with van der Waals surface area (Å²) in [5.41, 5.74) is -1.53. The number of aromatic nitrogens is 4. The lowest BCUT2D eigenvalue weighted by atomic mass is 9.89. The highest BCUT2D eigenvalue weighted by Gasteiger charge is 2.53. The van der Waals surface area contributed by atoms with Crippen molar-refractivity contribution in [2.24, 2.45) is 5.92 Å². The van der Waals surface area contributed by atoms with E-state index >= 15 is 0 Å². The van der Waals surface area contributed by atoms with Crippen LogP contribution >= 0.6 is 0 Å². The predicted octanol–water partition coefficient (Wildman–Crippen LogP) is 1.49. The number of carbonyl (C=O) groups excluding carboxylic acids is 2. The van der Waals surface area contributed by atoms with Gasteiger partial charge in [0.1, 0.15) is 17.2 Å². The summed E-state index contributed by atoms with van der Waals surface area (Å²) in [4.78, 5) is 45.0. The van der Waals surface area contributed by atoms with Gasteiger partial charge in [-0.1, -0.05) is 12.1 Å². The van der Waals surface area contributed by atoms with Crippen LogP contribution < -0.4 is 10.9 Å². The molecule has 3 heterocycles. The first-order valence-corrected chi connectivity index (χ1v) is 11.1. The standard InChI is InChI=1S/C23H23FN6O5/c1-12-27-28-19(35-12)21(34)29(2)23-8-7-14(9-23)11-30-20(33)17(31)16(26-22(23)30)18(32)25-10-13-3-5-15(24)6-4-13/h3-6,14,31H,7-11H2,1-2H3,(H,25,32). The molecule has 2 N–H and O–H groups in total. The summed E-state index contributed by atoms with van der Waals surface area (Å²) in [5.74, 6) is -2.06. The zero-order valence-electron chi connectivity index (χ0n) is 19.1. The fourth-order valence-electron chi connectivity index (χ4n) is 5.01. The van der Waals surface area contributed by atoms with Crippen molar-refractivity contribution < 1.29 is 23.5 Å². The van der Waals surface area contributed by atoms with Gasteiger partial charge in [0.2, 0.25) is 11.6 Å². The summed E-state index contributed by atoms with van der Waals surface area (Å²) in [6.45, 7) is 1.95. The molecule has 35 heavy (non-hydrogen) atoms. The topological polar surface area (TPSA) is 143 Å². The molecule has 1 aliphatic carbocycles. The van der Waals surface area contributed by atoms with E-state index in [1.165, 1.54) is 33.7 Å². The molecule has 0 saturated heterocycles. The van der Waals surface area contributed by atoms with Crippen LogP contribution in [0.15, 0.2) is 33.5 Å². The number of rotatable bonds is 5. The van der Waals surface area contributed by atoms with Gasteiger partial charge in [-0.25, -0.2) is 9.37 Å². The lowest BCUT2D eigenvalue weighted by molar-refractivity contribution is 0.0436. The quantitative estimate of drug-likeness (QED) is 0.557. The zero-order chi connectivity index (χ0) is 24.9. The number of hydrogen-bond acceptors (Lipinski definition) is 8. The molecule has 1 saturated carbocycles. The van der Waals surface area contributed by atoms with Gasteiger partial charge in [-0.3, -0.25) is 19.0 Å². The second-order valence-corrected chi connectivity index (χ2v) is 8.99. The van der Waals surface area contributed by atoms with Crippen LogP contribution in [0.2, 0.25) is 0 Å². The summed E-state index contributed by atoms with van der Waals surface area (Å²) < 4.78 is 19.8. The van der Waals surface area contributed by atoms with E-state index in [0.29, 0.717) is 24.9 Å². The first kappa shape index (κ1) is 22.7. The van der Waals surface area contributed by atoms with E-state index in [4.69, 9.17) is 4.42 Å². The van der Waals surface area contributed by atoms with Gasteiger partial charge in [-0.2, -0.15) is 0 Å². The third-order valence-corrected chi connectivity index (χ3v) is 6.83. The average molecular weight is 482 g/mol. The highest BCUT2D eigenvalue weighted by Crippen LogP contribution is 2.49. The van der Waals surface area contributed by atoms with Crippen molar-refractivity contribution in [2.45, 2.75) is 44.8 Å². The molecular weight excluding hydrogens is 459 g/mol. The van der Waals surface area contributed by atoms with Crippen LogP contribution in [0.1, 0.15) is 57.7 Å². The van der Waals surface area contributed by atoms with Crippen LogP contribution in [-0.2, 0) is 18.6 Å². The Balaban J connectivity index is 1.51. The van der Waals surface area contributed by atoms with Crippen molar-refractivity contribution in [3.63, 3.8) is 0 Å².